The Morgan fingerprint density at radius 3 is 2.80 bits per heavy atom. The Bertz CT molecular complexity index is 601. The van der Waals surface area contributed by atoms with Crippen LogP contribution in [0, 0.1) is 6.92 Å². The topological polar surface area (TPSA) is 29.9 Å². The number of hydrogen-bond acceptors (Lipinski definition) is 2. The lowest BCUT2D eigenvalue weighted by Gasteiger charge is -2.26. The van der Waals surface area contributed by atoms with Crippen molar-refractivity contribution in [3.8, 4) is 0 Å². The van der Waals surface area contributed by atoms with Crippen molar-refractivity contribution in [2.24, 2.45) is 0 Å². The van der Waals surface area contributed by atoms with Crippen LogP contribution in [0.2, 0.25) is 0 Å². The average molecular weight is 334 g/mol. The van der Waals surface area contributed by atoms with Gasteiger partial charge in [0.25, 0.3) is 0 Å². The molecule has 1 aromatic heterocycles. The number of rotatable bonds is 3. The number of nitrogens with zero attached hydrogens (tertiary/aromatic N) is 2. The van der Waals surface area contributed by atoms with Crippen LogP contribution in [0.4, 0.5) is 5.82 Å². The van der Waals surface area contributed by atoms with Gasteiger partial charge in [-0.25, -0.2) is 4.68 Å². The van der Waals surface area contributed by atoms with Crippen LogP contribution in [-0.4, -0.2) is 16.3 Å². The normalized spacial score (nSPS) is 17.6. The van der Waals surface area contributed by atoms with E-state index in [9.17, 15) is 0 Å². The van der Waals surface area contributed by atoms with Crippen LogP contribution < -0.4 is 5.32 Å². The fourth-order valence-electron chi connectivity index (χ4n) is 2.79. The molecule has 0 saturated heterocycles. The van der Waals surface area contributed by atoms with Gasteiger partial charge in [0.15, 0.2) is 0 Å². The number of benzene rings is 1. The molecule has 4 heteroatoms. The van der Waals surface area contributed by atoms with Gasteiger partial charge in [0, 0.05) is 6.54 Å². The molecular formula is C16H20BrN3. The van der Waals surface area contributed by atoms with Crippen molar-refractivity contribution in [2.45, 2.75) is 39.2 Å². The van der Waals surface area contributed by atoms with Gasteiger partial charge < -0.3 is 5.32 Å². The Morgan fingerprint density at radius 1 is 1.35 bits per heavy atom. The summed E-state index contributed by atoms with van der Waals surface area (Å²) in [6.45, 7) is 5.31. The number of anilines is 1. The number of hydrogen-bond donors (Lipinski definition) is 1. The molecule has 1 aromatic carbocycles. The molecule has 0 radical (unpaired) electrons. The van der Waals surface area contributed by atoms with Crippen LogP contribution in [0.1, 0.15) is 42.6 Å². The van der Waals surface area contributed by atoms with Crippen LogP contribution >= 0.6 is 15.9 Å². The molecule has 0 spiro atoms. The van der Waals surface area contributed by atoms with Gasteiger partial charge in [0.2, 0.25) is 0 Å². The predicted molar refractivity (Wildman–Crippen MR) is 86.3 cm³/mol. The van der Waals surface area contributed by atoms with Crippen molar-refractivity contribution in [2.75, 3.05) is 11.9 Å². The second kappa shape index (κ2) is 5.60. The third-order valence-electron chi connectivity index (χ3n) is 3.87. The number of halogens is 1. The first-order valence-corrected chi connectivity index (χ1v) is 8.07. The molecule has 0 fully saturated rings. The van der Waals surface area contributed by atoms with E-state index < -0.39 is 0 Å². The quantitative estimate of drug-likeness (QED) is 0.906. The van der Waals surface area contributed by atoms with Crippen molar-refractivity contribution in [1.82, 2.24) is 9.78 Å². The van der Waals surface area contributed by atoms with Gasteiger partial charge >= 0.3 is 0 Å². The molecule has 0 aliphatic carbocycles. The van der Waals surface area contributed by atoms with E-state index in [4.69, 9.17) is 5.10 Å². The Labute approximate surface area is 128 Å². The van der Waals surface area contributed by atoms with Crippen molar-refractivity contribution < 1.29 is 0 Å². The molecule has 3 nitrogen and oxygen atoms in total. The molecule has 1 unspecified atom stereocenters. The van der Waals surface area contributed by atoms with E-state index in [2.05, 4.69) is 64.0 Å². The molecule has 1 aliphatic heterocycles. The molecule has 1 atom stereocenters. The highest BCUT2D eigenvalue weighted by Crippen LogP contribution is 2.36. The van der Waals surface area contributed by atoms with Crippen LogP contribution in [0.5, 0.6) is 0 Å². The standard InChI is InChI=1S/C16H20BrN3/c1-3-4-13-15(17)16-18-10-9-14(20(16)19-13)12-7-5-11(2)6-8-12/h5-8,14,18H,3-4,9-10H2,1-2H3. The average Bonchev–Trinajstić information content (AvgIpc) is 2.77. The molecule has 1 aliphatic rings. The molecule has 2 heterocycles. The maximum Gasteiger partial charge on any atom is 0.139 e. The van der Waals surface area contributed by atoms with Crippen molar-refractivity contribution >= 4 is 21.7 Å². The monoisotopic (exact) mass is 333 g/mol. The summed E-state index contributed by atoms with van der Waals surface area (Å²) in [7, 11) is 0. The largest absolute Gasteiger partial charge is 0.369 e. The zero-order valence-electron chi connectivity index (χ0n) is 12.0. The second-order valence-electron chi connectivity index (χ2n) is 5.45. The maximum absolute atomic E-state index is 4.83. The molecule has 3 rings (SSSR count). The van der Waals surface area contributed by atoms with Crippen molar-refractivity contribution in [3.63, 3.8) is 0 Å². The summed E-state index contributed by atoms with van der Waals surface area (Å²) in [5, 5.41) is 8.30. The van der Waals surface area contributed by atoms with Gasteiger partial charge in [-0.15, -0.1) is 0 Å². The summed E-state index contributed by atoms with van der Waals surface area (Å²) < 4.78 is 3.29. The van der Waals surface area contributed by atoms with Gasteiger partial charge in [0.05, 0.1) is 16.2 Å². The van der Waals surface area contributed by atoms with E-state index in [1.807, 2.05) is 0 Å². The molecule has 0 bridgehead atoms. The zero-order valence-corrected chi connectivity index (χ0v) is 13.6. The van der Waals surface area contributed by atoms with E-state index in [1.54, 1.807) is 0 Å². The van der Waals surface area contributed by atoms with E-state index >= 15 is 0 Å². The molecule has 0 saturated carbocycles. The highest BCUT2D eigenvalue weighted by atomic mass is 79.9. The fourth-order valence-corrected chi connectivity index (χ4v) is 3.39. The zero-order chi connectivity index (χ0) is 14.1. The summed E-state index contributed by atoms with van der Waals surface area (Å²) in [4.78, 5) is 0. The third-order valence-corrected chi connectivity index (χ3v) is 4.71. The number of fused-ring (bicyclic) bond motifs is 1. The first kappa shape index (κ1) is 13.7. The minimum absolute atomic E-state index is 0.341. The number of nitrogens with one attached hydrogen (secondary N) is 1. The lowest BCUT2D eigenvalue weighted by atomic mass is 10.0. The Balaban J connectivity index is 2.01. The molecule has 1 N–H and O–H groups in total. The van der Waals surface area contributed by atoms with Crippen LogP contribution in [0.25, 0.3) is 0 Å². The van der Waals surface area contributed by atoms with Crippen LogP contribution in [0.15, 0.2) is 28.7 Å². The lowest BCUT2D eigenvalue weighted by molar-refractivity contribution is 0.477. The highest BCUT2D eigenvalue weighted by Gasteiger charge is 2.26. The van der Waals surface area contributed by atoms with Gasteiger partial charge in [-0.05, 0) is 41.3 Å². The Kier molecular flexibility index (Phi) is 3.83. The maximum atomic E-state index is 4.83. The van der Waals surface area contributed by atoms with Crippen LogP contribution in [0.3, 0.4) is 0 Å². The van der Waals surface area contributed by atoms with Crippen molar-refractivity contribution in [1.29, 1.82) is 0 Å². The van der Waals surface area contributed by atoms with Gasteiger partial charge in [-0.2, -0.15) is 5.10 Å². The van der Waals surface area contributed by atoms with E-state index in [-0.39, 0.29) is 0 Å². The SMILES string of the molecule is CCCc1nn2c(c1Br)NCCC2c1ccc(C)cc1. The first-order valence-electron chi connectivity index (χ1n) is 7.28. The molecule has 2 aromatic rings. The second-order valence-corrected chi connectivity index (χ2v) is 6.24. The van der Waals surface area contributed by atoms with Gasteiger partial charge in [-0.3, -0.25) is 0 Å². The summed E-state index contributed by atoms with van der Waals surface area (Å²) >= 11 is 3.70. The first-order chi connectivity index (χ1) is 9.70. The summed E-state index contributed by atoms with van der Waals surface area (Å²) in [5.41, 5.74) is 3.81. The van der Waals surface area contributed by atoms with Crippen LogP contribution in [-0.2, 0) is 6.42 Å². The van der Waals surface area contributed by atoms with E-state index in [0.717, 1.165) is 41.8 Å². The van der Waals surface area contributed by atoms with Crippen molar-refractivity contribution in [3.05, 3.63) is 45.6 Å². The molecular weight excluding hydrogens is 314 g/mol. The van der Waals surface area contributed by atoms with E-state index in [0.29, 0.717) is 6.04 Å². The lowest BCUT2D eigenvalue weighted by Crippen LogP contribution is -2.24. The smallest absolute Gasteiger partial charge is 0.139 e. The Morgan fingerprint density at radius 2 is 2.10 bits per heavy atom. The summed E-state index contributed by atoms with van der Waals surface area (Å²) in [5.74, 6) is 1.13. The minimum Gasteiger partial charge on any atom is -0.369 e. The minimum atomic E-state index is 0.341. The molecule has 20 heavy (non-hydrogen) atoms. The third kappa shape index (κ3) is 2.37. The number of aromatic nitrogens is 2. The predicted octanol–water partition coefficient (Wildman–Crippen LogP) is 4.31. The van der Waals surface area contributed by atoms with E-state index in [1.165, 1.54) is 11.1 Å². The van der Waals surface area contributed by atoms with Gasteiger partial charge in [0.1, 0.15) is 5.82 Å². The highest BCUT2D eigenvalue weighted by molar-refractivity contribution is 9.10. The van der Waals surface area contributed by atoms with Gasteiger partial charge in [-0.1, -0.05) is 43.2 Å². The Hall–Kier alpha value is -1.29. The summed E-state index contributed by atoms with van der Waals surface area (Å²) in [6, 6.07) is 9.16. The number of aryl methyl sites for hydroxylation is 2. The molecule has 106 valence electrons. The summed E-state index contributed by atoms with van der Waals surface area (Å²) in [6.07, 6.45) is 3.21. The molecule has 0 amide bonds. The fraction of sp³-hybridized carbons (Fsp3) is 0.438.